The number of rotatable bonds is 4. The maximum atomic E-state index is 12.6. The van der Waals surface area contributed by atoms with Crippen molar-refractivity contribution in [3.8, 4) is 0 Å². The third kappa shape index (κ3) is 3.04. The van der Waals surface area contributed by atoms with Crippen LogP contribution in [-0.2, 0) is 0 Å². The highest BCUT2D eigenvalue weighted by Crippen LogP contribution is 2.27. The van der Waals surface area contributed by atoms with Gasteiger partial charge in [-0.1, -0.05) is 40.7 Å². The van der Waals surface area contributed by atoms with E-state index in [9.17, 15) is 4.39 Å². The summed E-state index contributed by atoms with van der Waals surface area (Å²) in [5.41, 5.74) is 0. The van der Waals surface area contributed by atoms with Gasteiger partial charge in [0.05, 0.1) is 5.83 Å². The largest absolute Gasteiger partial charge is 0.212 e. The lowest BCUT2D eigenvalue weighted by atomic mass is 9.83. The van der Waals surface area contributed by atoms with Gasteiger partial charge >= 0.3 is 0 Å². The van der Waals surface area contributed by atoms with Gasteiger partial charge in [-0.3, -0.25) is 0 Å². The Bertz CT molecular complexity index is 129. The van der Waals surface area contributed by atoms with Crippen molar-refractivity contribution >= 4 is 0 Å². The monoisotopic (exact) mass is 158 g/mol. The molecule has 0 aromatic heterocycles. The van der Waals surface area contributed by atoms with Crippen molar-refractivity contribution < 1.29 is 4.39 Å². The molecule has 3 atom stereocenters. The van der Waals surface area contributed by atoms with Gasteiger partial charge in [0, 0.05) is 5.92 Å². The SMILES string of the molecule is C=C(F)C(C)C(C)[C@H](C)CC. The Morgan fingerprint density at radius 2 is 1.82 bits per heavy atom. The Balaban J connectivity index is 4.00. The summed E-state index contributed by atoms with van der Waals surface area (Å²) < 4.78 is 12.6. The van der Waals surface area contributed by atoms with Crippen molar-refractivity contribution in [2.45, 2.75) is 34.1 Å². The van der Waals surface area contributed by atoms with Gasteiger partial charge in [-0.25, -0.2) is 4.39 Å². The van der Waals surface area contributed by atoms with Crippen LogP contribution in [0, 0.1) is 17.8 Å². The smallest absolute Gasteiger partial charge is 0.0958 e. The lowest BCUT2D eigenvalue weighted by Gasteiger charge is -2.23. The molecule has 0 saturated carbocycles. The molecule has 0 amide bonds. The van der Waals surface area contributed by atoms with Crippen LogP contribution in [0.3, 0.4) is 0 Å². The van der Waals surface area contributed by atoms with E-state index in [-0.39, 0.29) is 11.7 Å². The third-order valence-corrected chi connectivity index (χ3v) is 2.82. The molecule has 0 aliphatic heterocycles. The van der Waals surface area contributed by atoms with Crippen LogP contribution < -0.4 is 0 Å². The van der Waals surface area contributed by atoms with E-state index in [1.165, 1.54) is 0 Å². The molecule has 0 saturated heterocycles. The molecule has 0 fully saturated rings. The second-order valence-corrected chi connectivity index (χ2v) is 3.48. The summed E-state index contributed by atoms with van der Waals surface area (Å²) in [4.78, 5) is 0. The Labute approximate surface area is 69.5 Å². The minimum absolute atomic E-state index is 0.00458. The predicted molar refractivity (Wildman–Crippen MR) is 48.0 cm³/mol. The van der Waals surface area contributed by atoms with E-state index in [1.807, 2.05) is 6.92 Å². The van der Waals surface area contributed by atoms with Crippen LogP contribution in [0.2, 0.25) is 0 Å². The molecule has 0 aliphatic rings. The van der Waals surface area contributed by atoms with E-state index < -0.39 is 0 Å². The zero-order valence-electron chi connectivity index (χ0n) is 8.02. The van der Waals surface area contributed by atoms with Gasteiger partial charge in [0.1, 0.15) is 0 Å². The van der Waals surface area contributed by atoms with Crippen LogP contribution in [-0.4, -0.2) is 0 Å². The van der Waals surface area contributed by atoms with Gasteiger partial charge in [-0.05, 0) is 11.8 Å². The van der Waals surface area contributed by atoms with Crippen LogP contribution in [0.5, 0.6) is 0 Å². The molecule has 0 aliphatic carbocycles. The van der Waals surface area contributed by atoms with Crippen LogP contribution in [0.25, 0.3) is 0 Å². The van der Waals surface area contributed by atoms with Crippen LogP contribution >= 0.6 is 0 Å². The Hall–Kier alpha value is -0.330. The number of hydrogen-bond donors (Lipinski definition) is 0. The van der Waals surface area contributed by atoms with Gasteiger partial charge in [-0.15, -0.1) is 0 Å². The fourth-order valence-electron chi connectivity index (χ4n) is 1.15. The molecule has 0 radical (unpaired) electrons. The van der Waals surface area contributed by atoms with Gasteiger partial charge in [-0.2, -0.15) is 0 Å². The van der Waals surface area contributed by atoms with Crippen molar-refractivity contribution in [1.82, 2.24) is 0 Å². The molecule has 0 rings (SSSR count). The molecule has 0 bridgehead atoms. The summed E-state index contributed by atoms with van der Waals surface area (Å²) in [5.74, 6) is 0.803. The lowest BCUT2D eigenvalue weighted by Crippen LogP contribution is -2.16. The topological polar surface area (TPSA) is 0 Å². The maximum absolute atomic E-state index is 12.6. The van der Waals surface area contributed by atoms with E-state index in [1.54, 1.807) is 0 Å². The van der Waals surface area contributed by atoms with E-state index in [0.717, 1.165) is 6.42 Å². The summed E-state index contributed by atoms with van der Waals surface area (Å²) in [6, 6.07) is 0. The van der Waals surface area contributed by atoms with Crippen molar-refractivity contribution in [1.29, 1.82) is 0 Å². The molecular formula is C10H19F. The zero-order chi connectivity index (χ0) is 9.02. The zero-order valence-corrected chi connectivity index (χ0v) is 8.02. The lowest BCUT2D eigenvalue weighted by molar-refractivity contribution is 0.273. The fourth-order valence-corrected chi connectivity index (χ4v) is 1.15. The first-order chi connectivity index (χ1) is 5.00. The number of allylic oxidation sites excluding steroid dienone is 1. The second-order valence-electron chi connectivity index (χ2n) is 3.48. The van der Waals surface area contributed by atoms with E-state index in [0.29, 0.717) is 11.8 Å². The summed E-state index contributed by atoms with van der Waals surface area (Å²) in [7, 11) is 0. The molecule has 0 nitrogen and oxygen atoms in total. The van der Waals surface area contributed by atoms with Crippen LogP contribution in [0.1, 0.15) is 34.1 Å². The highest BCUT2D eigenvalue weighted by Gasteiger charge is 2.19. The molecule has 2 unspecified atom stereocenters. The number of hydrogen-bond acceptors (Lipinski definition) is 0. The normalized spacial score (nSPS) is 19.0. The van der Waals surface area contributed by atoms with E-state index in [2.05, 4.69) is 27.4 Å². The summed E-state index contributed by atoms with van der Waals surface area (Å²) in [5, 5.41) is 0. The van der Waals surface area contributed by atoms with Crippen molar-refractivity contribution in [3.63, 3.8) is 0 Å². The number of halogens is 1. The molecule has 66 valence electrons. The van der Waals surface area contributed by atoms with Crippen LogP contribution in [0.15, 0.2) is 12.4 Å². The van der Waals surface area contributed by atoms with Crippen molar-refractivity contribution in [2.24, 2.45) is 17.8 Å². The standard InChI is InChI=1S/C10H19F/c1-6-7(2)8(3)9(4)10(5)11/h7-9H,5-6H2,1-4H3/t7-,8?,9?/m1/s1. The molecule has 0 aromatic rings. The third-order valence-electron chi connectivity index (χ3n) is 2.82. The summed E-state index contributed by atoms with van der Waals surface area (Å²) in [6.07, 6.45) is 1.11. The predicted octanol–water partition coefficient (Wildman–Crippen LogP) is 3.79. The Kier molecular flexibility index (Phi) is 4.39. The van der Waals surface area contributed by atoms with E-state index >= 15 is 0 Å². The minimum atomic E-state index is -0.183. The molecule has 0 heterocycles. The van der Waals surface area contributed by atoms with Gasteiger partial charge in [0.25, 0.3) is 0 Å². The van der Waals surface area contributed by atoms with Gasteiger partial charge < -0.3 is 0 Å². The molecule has 0 spiro atoms. The molecule has 1 heteroatoms. The first-order valence-corrected chi connectivity index (χ1v) is 4.35. The Morgan fingerprint density at radius 3 is 2.09 bits per heavy atom. The average molecular weight is 158 g/mol. The van der Waals surface area contributed by atoms with Crippen LogP contribution in [0.4, 0.5) is 4.39 Å². The van der Waals surface area contributed by atoms with E-state index in [4.69, 9.17) is 0 Å². The quantitative estimate of drug-likeness (QED) is 0.584. The Morgan fingerprint density at radius 1 is 1.36 bits per heavy atom. The maximum Gasteiger partial charge on any atom is 0.0958 e. The molecule has 11 heavy (non-hydrogen) atoms. The van der Waals surface area contributed by atoms with Crippen molar-refractivity contribution in [2.75, 3.05) is 0 Å². The highest BCUT2D eigenvalue weighted by molar-refractivity contribution is 4.90. The fraction of sp³-hybridized carbons (Fsp3) is 0.800. The van der Waals surface area contributed by atoms with Gasteiger partial charge in [0.15, 0.2) is 0 Å². The first-order valence-electron chi connectivity index (χ1n) is 4.35. The summed E-state index contributed by atoms with van der Waals surface area (Å²) >= 11 is 0. The van der Waals surface area contributed by atoms with Crippen molar-refractivity contribution in [3.05, 3.63) is 12.4 Å². The molecular weight excluding hydrogens is 139 g/mol. The molecule has 0 aromatic carbocycles. The first kappa shape index (κ1) is 10.7. The highest BCUT2D eigenvalue weighted by atomic mass is 19.1. The minimum Gasteiger partial charge on any atom is -0.212 e. The second kappa shape index (κ2) is 4.53. The molecule has 0 N–H and O–H groups in total. The summed E-state index contributed by atoms with van der Waals surface area (Å²) in [6.45, 7) is 11.6. The average Bonchev–Trinajstić information content (AvgIpc) is 2.00. The van der Waals surface area contributed by atoms with Gasteiger partial charge in [0.2, 0.25) is 0 Å².